The van der Waals surface area contributed by atoms with Crippen molar-refractivity contribution in [2.24, 2.45) is 24.3 Å². The first-order valence-corrected chi connectivity index (χ1v) is 11.5. The highest BCUT2D eigenvalue weighted by atomic mass is 16.2. The van der Waals surface area contributed by atoms with Gasteiger partial charge in [-0.05, 0) is 49.1 Å². The van der Waals surface area contributed by atoms with Crippen LogP contribution in [0.25, 0.3) is 0 Å². The molecule has 0 spiro atoms. The summed E-state index contributed by atoms with van der Waals surface area (Å²) in [6.45, 7) is 18.5. The van der Waals surface area contributed by atoms with E-state index in [-0.39, 0.29) is 29.8 Å². The average Bonchev–Trinajstić information content (AvgIpc) is 3.00. The SMILES string of the molecule is CCC(C)N(CC(=O)N(Cc1cccn1C)CC(C)C)C(=O)CC(C)CC(C)(C)C. The van der Waals surface area contributed by atoms with Crippen LogP contribution in [-0.4, -0.2) is 45.3 Å². The lowest BCUT2D eigenvalue weighted by Gasteiger charge is -2.33. The van der Waals surface area contributed by atoms with Crippen LogP contribution in [0.2, 0.25) is 0 Å². The van der Waals surface area contributed by atoms with Crippen LogP contribution in [0.3, 0.4) is 0 Å². The molecule has 0 aliphatic heterocycles. The van der Waals surface area contributed by atoms with Gasteiger partial charge in [0.25, 0.3) is 0 Å². The van der Waals surface area contributed by atoms with Crippen molar-refractivity contribution in [1.82, 2.24) is 14.4 Å². The topological polar surface area (TPSA) is 45.6 Å². The van der Waals surface area contributed by atoms with E-state index in [1.165, 1.54) is 0 Å². The standard InChI is InChI=1S/C25H45N3O2/c1-10-21(5)28(23(29)14-20(4)15-25(6,7)8)18-24(30)27(16-19(2)3)17-22-12-11-13-26(22)9/h11-13,19-21H,10,14-18H2,1-9H3. The Hall–Kier alpha value is -1.78. The van der Waals surface area contributed by atoms with Crippen LogP contribution in [0, 0.1) is 17.3 Å². The highest BCUT2D eigenvalue weighted by Crippen LogP contribution is 2.26. The minimum atomic E-state index is 0.0297. The van der Waals surface area contributed by atoms with E-state index in [0.717, 1.165) is 18.5 Å². The molecule has 0 saturated heterocycles. The number of hydrogen-bond acceptors (Lipinski definition) is 2. The molecule has 5 nitrogen and oxygen atoms in total. The molecular weight excluding hydrogens is 374 g/mol. The number of amides is 2. The van der Waals surface area contributed by atoms with Gasteiger partial charge in [0, 0.05) is 37.9 Å². The van der Waals surface area contributed by atoms with E-state index in [1.54, 1.807) is 4.90 Å². The number of aryl methyl sites for hydroxylation is 1. The summed E-state index contributed by atoms with van der Waals surface area (Å²) in [4.78, 5) is 30.1. The Bertz CT molecular complexity index is 672. The number of carbonyl (C=O) groups excluding carboxylic acids is 2. The quantitative estimate of drug-likeness (QED) is 0.501. The first kappa shape index (κ1) is 26.3. The maximum absolute atomic E-state index is 13.3. The second-order valence-electron chi connectivity index (χ2n) is 10.6. The fourth-order valence-corrected chi connectivity index (χ4v) is 4.04. The zero-order valence-electron chi connectivity index (χ0n) is 20.9. The molecule has 0 aliphatic rings. The van der Waals surface area contributed by atoms with Crippen LogP contribution < -0.4 is 0 Å². The smallest absolute Gasteiger partial charge is 0.242 e. The highest BCUT2D eigenvalue weighted by Gasteiger charge is 2.27. The van der Waals surface area contributed by atoms with E-state index in [1.807, 2.05) is 41.8 Å². The van der Waals surface area contributed by atoms with Gasteiger partial charge in [-0.25, -0.2) is 0 Å². The van der Waals surface area contributed by atoms with Crippen molar-refractivity contribution in [3.63, 3.8) is 0 Å². The van der Waals surface area contributed by atoms with Crippen molar-refractivity contribution in [3.05, 3.63) is 24.0 Å². The molecule has 0 aliphatic carbocycles. The number of nitrogens with zero attached hydrogens (tertiary/aromatic N) is 3. The third kappa shape index (κ3) is 8.93. The van der Waals surface area contributed by atoms with Crippen molar-refractivity contribution >= 4 is 11.8 Å². The van der Waals surface area contributed by atoms with Crippen LogP contribution >= 0.6 is 0 Å². The molecule has 2 amide bonds. The molecule has 2 atom stereocenters. The molecule has 0 bridgehead atoms. The molecule has 0 fully saturated rings. The van der Waals surface area contributed by atoms with Crippen molar-refractivity contribution in [2.75, 3.05) is 13.1 Å². The fraction of sp³-hybridized carbons (Fsp3) is 0.760. The van der Waals surface area contributed by atoms with Crippen molar-refractivity contribution in [2.45, 2.75) is 87.2 Å². The monoisotopic (exact) mass is 419 g/mol. The predicted octanol–water partition coefficient (Wildman–Crippen LogP) is 5.10. The minimum absolute atomic E-state index is 0.0297. The number of aromatic nitrogens is 1. The van der Waals surface area contributed by atoms with Crippen LogP contribution in [0.1, 0.15) is 80.3 Å². The van der Waals surface area contributed by atoms with Gasteiger partial charge in [0.2, 0.25) is 11.8 Å². The summed E-state index contributed by atoms with van der Waals surface area (Å²) < 4.78 is 2.05. The summed E-state index contributed by atoms with van der Waals surface area (Å²) in [5.74, 6) is 0.794. The molecule has 0 saturated carbocycles. The third-order valence-electron chi connectivity index (χ3n) is 5.58. The lowest BCUT2D eigenvalue weighted by Crippen LogP contribution is -2.47. The Balaban J connectivity index is 2.92. The van der Waals surface area contributed by atoms with Crippen LogP contribution in [0.5, 0.6) is 0 Å². The van der Waals surface area contributed by atoms with Crippen molar-refractivity contribution in [3.8, 4) is 0 Å². The second kappa shape index (κ2) is 11.6. The maximum atomic E-state index is 13.3. The first-order valence-electron chi connectivity index (χ1n) is 11.5. The lowest BCUT2D eigenvalue weighted by molar-refractivity contribution is -0.143. The largest absolute Gasteiger partial charge is 0.353 e. The zero-order valence-corrected chi connectivity index (χ0v) is 20.9. The van der Waals surface area contributed by atoms with Gasteiger partial charge in [0.1, 0.15) is 0 Å². The van der Waals surface area contributed by atoms with Gasteiger partial charge in [-0.15, -0.1) is 0 Å². The van der Waals surface area contributed by atoms with E-state index < -0.39 is 0 Å². The lowest BCUT2D eigenvalue weighted by atomic mass is 9.84. The van der Waals surface area contributed by atoms with Gasteiger partial charge in [-0.2, -0.15) is 0 Å². The van der Waals surface area contributed by atoms with Gasteiger partial charge >= 0.3 is 0 Å². The number of carbonyl (C=O) groups is 2. The Labute approximate surface area is 184 Å². The molecule has 1 aromatic rings. The van der Waals surface area contributed by atoms with Crippen LogP contribution in [0.4, 0.5) is 0 Å². The Morgan fingerprint density at radius 1 is 1.10 bits per heavy atom. The van der Waals surface area contributed by atoms with E-state index in [9.17, 15) is 9.59 Å². The van der Waals surface area contributed by atoms with Gasteiger partial charge < -0.3 is 14.4 Å². The van der Waals surface area contributed by atoms with Crippen LogP contribution in [-0.2, 0) is 23.2 Å². The molecule has 0 N–H and O–H groups in total. The van der Waals surface area contributed by atoms with Gasteiger partial charge in [0.15, 0.2) is 0 Å². The Morgan fingerprint density at radius 3 is 2.20 bits per heavy atom. The molecule has 30 heavy (non-hydrogen) atoms. The van der Waals surface area contributed by atoms with Crippen LogP contribution in [0.15, 0.2) is 18.3 Å². The zero-order chi connectivity index (χ0) is 23.1. The van der Waals surface area contributed by atoms with Gasteiger partial charge in [-0.3, -0.25) is 9.59 Å². The second-order valence-corrected chi connectivity index (χ2v) is 10.6. The summed E-state index contributed by atoms with van der Waals surface area (Å²) in [7, 11) is 2.00. The minimum Gasteiger partial charge on any atom is -0.353 e. The van der Waals surface area contributed by atoms with Crippen molar-refractivity contribution < 1.29 is 9.59 Å². The number of rotatable bonds is 11. The third-order valence-corrected chi connectivity index (χ3v) is 5.58. The maximum Gasteiger partial charge on any atom is 0.242 e. The van der Waals surface area contributed by atoms with Crippen molar-refractivity contribution in [1.29, 1.82) is 0 Å². The summed E-state index contributed by atoms with van der Waals surface area (Å²) in [6.07, 6.45) is 4.33. The molecule has 5 heteroatoms. The Kier molecular flexibility index (Phi) is 10.1. The summed E-state index contributed by atoms with van der Waals surface area (Å²) in [5, 5.41) is 0. The van der Waals surface area contributed by atoms with Gasteiger partial charge in [0.05, 0.1) is 13.1 Å². The molecule has 172 valence electrons. The highest BCUT2D eigenvalue weighted by molar-refractivity contribution is 5.85. The summed E-state index contributed by atoms with van der Waals surface area (Å²) in [5.41, 5.74) is 1.30. The number of hydrogen-bond donors (Lipinski definition) is 0. The average molecular weight is 420 g/mol. The van der Waals surface area contributed by atoms with E-state index in [0.29, 0.717) is 31.3 Å². The molecule has 1 aromatic heterocycles. The first-order chi connectivity index (χ1) is 13.8. The normalized spacial score (nSPS) is 13.9. The van der Waals surface area contributed by atoms with E-state index in [2.05, 4.69) is 48.5 Å². The van der Waals surface area contributed by atoms with E-state index in [4.69, 9.17) is 0 Å². The molecule has 1 heterocycles. The molecule has 0 radical (unpaired) electrons. The molecule has 2 unspecified atom stereocenters. The summed E-state index contributed by atoms with van der Waals surface area (Å²) >= 11 is 0. The molecule has 1 rings (SSSR count). The molecule has 0 aromatic carbocycles. The molecular formula is C25H45N3O2. The van der Waals surface area contributed by atoms with Gasteiger partial charge in [-0.1, -0.05) is 48.5 Å². The van der Waals surface area contributed by atoms with E-state index >= 15 is 0 Å². The predicted molar refractivity (Wildman–Crippen MR) is 125 cm³/mol. The summed E-state index contributed by atoms with van der Waals surface area (Å²) in [6, 6.07) is 4.10. The fourth-order valence-electron chi connectivity index (χ4n) is 4.04. The Morgan fingerprint density at radius 2 is 1.73 bits per heavy atom.